The number of anilines is 1. The summed E-state index contributed by atoms with van der Waals surface area (Å²) in [5, 5.41) is 2.62. The third kappa shape index (κ3) is 5.24. The third-order valence-electron chi connectivity index (χ3n) is 4.15. The van der Waals surface area contributed by atoms with E-state index in [1.165, 1.54) is 4.90 Å². The van der Waals surface area contributed by atoms with Crippen molar-refractivity contribution < 1.29 is 19.1 Å². The first kappa shape index (κ1) is 18.8. The van der Waals surface area contributed by atoms with Crippen LogP contribution in [0.15, 0.2) is 42.7 Å². The zero-order chi connectivity index (χ0) is 19.1. The average molecular weight is 370 g/mol. The fourth-order valence-corrected chi connectivity index (χ4v) is 2.80. The SMILES string of the molecule is CCN(CC1CCCO1)C(=O)C(=O)Nc1cccc(Oc2ncccn2)c1. The molecule has 1 aromatic carbocycles. The summed E-state index contributed by atoms with van der Waals surface area (Å²) in [5.41, 5.74) is 0.454. The van der Waals surface area contributed by atoms with E-state index < -0.39 is 11.8 Å². The number of ether oxygens (including phenoxy) is 2. The van der Waals surface area contributed by atoms with Gasteiger partial charge in [0.1, 0.15) is 5.75 Å². The Hall–Kier alpha value is -3.00. The molecular formula is C19H22N4O4. The lowest BCUT2D eigenvalue weighted by molar-refractivity contribution is -0.144. The van der Waals surface area contributed by atoms with Crippen LogP contribution in [0, 0.1) is 0 Å². The molecule has 1 unspecified atom stereocenters. The maximum absolute atomic E-state index is 12.4. The van der Waals surface area contributed by atoms with Gasteiger partial charge < -0.3 is 19.7 Å². The molecule has 1 aliphatic rings. The van der Waals surface area contributed by atoms with Crippen molar-refractivity contribution in [1.82, 2.24) is 14.9 Å². The number of hydrogen-bond donors (Lipinski definition) is 1. The van der Waals surface area contributed by atoms with Crippen molar-refractivity contribution in [2.75, 3.05) is 25.0 Å². The lowest BCUT2D eigenvalue weighted by atomic mass is 10.2. The number of carbonyl (C=O) groups is 2. The molecule has 1 fully saturated rings. The number of hydrogen-bond acceptors (Lipinski definition) is 6. The van der Waals surface area contributed by atoms with Crippen LogP contribution in [0.5, 0.6) is 11.8 Å². The van der Waals surface area contributed by atoms with Crippen LogP contribution in [0.2, 0.25) is 0 Å². The Morgan fingerprint density at radius 2 is 2.11 bits per heavy atom. The molecule has 1 aromatic heterocycles. The maximum atomic E-state index is 12.4. The molecule has 3 rings (SSSR count). The van der Waals surface area contributed by atoms with E-state index in [9.17, 15) is 9.59 Å². The molecule has 1 saturated heterocycles. The van der Waals surface area contributed by atoms with Crippen molar-refractivity contribution in [3.05, 3.63) is 42.7 Å². The summed E-state index contributed by atoms with van der Waals surface area (Å²) in [7, 11) is 0. The van der Waals surface area contributed by atoms with Gasteiger partial charge in [0.15, 0.2) is 0 Å². The lowest BCUT2D eigenvalue weighted by Crippen LogP contribution is -2.43. The minimum Gasteiger partial charge on any atom is -0.424 e. The molecule has 1 atom stereocenters. The molecule has 2 amide bonds. The number of nitrogens with one attached hydrogen (secondary N) is 1. The summed E-state index contributed by atoms with van der Waals surface area (Å²) in [6.45, 7) is 3.42. The van der Waals surface area contributed by atoms with E-state index in [0.29, 0.717) is 31.1 Å². The first-order valence-electron chi connectivity index (χ1n) is 8.92. The number of amides is 2. The van der Waals surface area contributed by atoms with E-state index in [1.54, 1.807) is 42.7 Å². The highest BCUT2D eigenvalue weighted by Gasteiger charge is 2.25. The van der Waals surface area contributed by atoms with Crippen LogP contribution in [-0.2, 0) is 14.3 Å². The Kier molecular flexibility index (Phi) is 6.32. The molecule has 8 nitrogen and oxygen atoms in total. The van der Waals surface area contributed by atoms with Crippen molar-refractivity contribution in [1.29, 1.82) is 0 Å². The number of nitrogens with zero attached hydrogens (tertiary/aromatic N) is 3. The second-order valence-electron chi connectivity index (χ2n) is 6.09. The predicted molar refractivity (Wildman–Crippen MR) is 98.4 cm³/mol. The van der Waals surface area contributed by atoms with Gasteiger partial charge in [0, 0.05) is 43.8 Å². The number of carbonyl (C=O) groups excluding carboxylic acids is 2. The van der Waals surface area contributed by atoms with Gasteiger partial charge in [-0.05, 0) is 38.0 Å². The Morgan fingerprint density at radius 1 is 1.30 bits per heavy atom. The minimum absolute atomic E-state index is 0.00398. The van der Waals surface area contributed by atoms with E-state index in [1.807, 2.05) is 6.92 Å². The molecule has 0 aliphatic carbocycles. The molecule has 0 spiro atoms. The second kappa shape index (κ2) is 9.09. The summed E-state index contributed by atoms with van der Waals surface area (Å²) in [6.07, 6.45) is 5.04. The van der Waals surface area contributed by atoms with Gasteiger partial charge in [-0.25, -0.2) is 9.97 Å². The molecule has 27 heavy (non-hydrogen) atoms. The topological polar surface area (TPSA) is 93.7 Å². The molecule has 8 heteroatoms. The first-order valence-corrected chi connectivity index (χ1v) is 8.92. The first-order chi connectivity index (χ1) is 13.2. The molecule has 1 N–H and O–H groups in total. The standard InChI is InChI=1S/C19H22N4O4/c1-2-23(13-16-8-4-11-26-16)18(25)17(24)22-14-6-3-7-15(12-14)27-19-20-9-5-10-21-19/h3,5-7,9-10,12,16H,2,4,8,11,13H2,1H3,(H,22,24). The summed E-state index contributed by atoms with van der Waals surface area (Å²) >= 11 is 0. The van der Waals surface area contributed by atoms with E-state index in [0.717, 1.165) is 12.8 Å². The highest BCUT2D eigenvalue weighted by molar-refractivity contribution is 6.39. The Morgan fingerprint density at radius 3 is 2.81 bits per heavy atom. The molecule has 2 aromatic rings. The monoisotopic (exact) mass is 370 g/mol. The highest BCUT2D eigenvalue weighted by atomic mass is 16.5. The molecule has 0 bridgehead atoms. The van der Waals surface area contributed by atoms with Gasteiger partial charge in [-0.1, -0.05) is 6.07 Å². The van der Waals surface area contributed by atoms with Gasteiger partial charge in [0.2, 0.25) is 0 Å². The molecular weight excluding hydrogens is 348 g/mol. The van der Waals surface area contributed by atoms with Crippen LogP contribution in [0.25, 0.3) is 0 Å². The van der Waals surface area contributed by atoms with E-state index >= 15 is 0 Å². The highest BCUT2D eigenvalue weighted by Crippen LogP contribution is 2.21. The fraction of sp³-hybridized carbons (Fsp3) is 0.368. The van der Waals surface area contributed by atoms with Crippen LogP contribution in [-0.4, -0.2) is 52.5 Å². The zero-order valence-corrected chi connectivity index (χ0v) is 15.1. The van der Waals surface area contributed by atoms with Crippen LogP contribution in [0.4, 0.5) is 5.69 Å². The molecule has 2 heterocycles. The van der Waals surface area contributed by atoms with Crippen LogP contribution >= 0.6 is 0 Å². The summed E-state index contributed by atoms with van der Waals surface area (Å²) in [4.78, 5) is 34.3. The molecule has 1 aliphatic heterocycles. The van der Waals surface area contributed by atoms with E-state index in [-0.39, 0.29) is 12.1 Å². The Balaban J connectivity index is 1.60. The number of aromatic nitrogens is 2. The van der Waals surface area contributed by atoms with Gasteiger partial charge in [-0.2, -0.15) is 0 Å². The number of likely N-dealkylation sites (N-methyl/N-ethyl adjacent to an activating group) is 1. The number of rotatable bonds is 6. The van der Waals surface area contributed by atoms with Crippen LogP contribution < -0.4 is 10.1 Å². The van der Waals surface area contributed by atoms with Gasteiger partial charge in [-0.15, -0.1) is 0 Å². The van der Waals surface area contributed by atoms with Gasteiger partial charge in [0.05, 0.1) is 6.10 Å². The predicted octanol–water partition coefficient (Wildman–Crippen LogP) is 2.23. The normalized spacial score (nSPS) is 16.0. The largest absolute Gasteiger partial charge is 0.424 e. The Labute approximate surface area is 157 Å². The average Bonchev–Trinajstić information content (AvgIpc) is 3.20. The van der Waals surface area contributed by atoms with E-state index in [4.69, 9.17) is 9.47 Å². The zero-order valence-electron chi connectivity index (χ0n) is 15.1. The van der Waals surface area contributed by atoms with Crippen molar-refractivity contribution in [3.63, 3.8) is 0 Å². The molecule has 0 radical (unpaired) electrons. The smallest absolute Gasteiger partial charge is 0.321 e. The van der Waals surface area contributed by atoms with Crippen LogP contribution in [0.3, 0.4) is 0 Å². The summed E-state index contributed by atoms with van der Waals surface area (Å²) in [6, 6.07) is 8.60. The van der Waals surface area contributed by atoms with Gasteiger partial charge in [-0.3, -0.25) is 9.59 Å². The Bertz CT molecular complexity index is 778. The summed E-state index contributed by atoms with van der Waals surface area (Å²) in [5.74, 6) is -0.813. The quantitative estimate of drug-likeness (QED) is 0.784. The van der Waals surface area contributed by atoms with Crippen molar-refractivity contribution in [3.8, 4) is 11.8 Å². The molecule has 142 valence electrons. The van der Waals surface area contributed by atoms with Crippen LogP contribution in [0.1, 0.15) is 19.8 Å². The number of benzene rings is 1. The van der Waals surface area contributed by atoms with Gasteiger partial charge in [0.25, 0.3) is 0 Å². The minimum atomic E-state index is -0.692. The fourth-order valence-electron chi connectivity index (χ4n) is 2.80. The van der Waals surface area contributed by atoms with Crippen molar-refractivity contribution >= 4 is 17.5 Å². The van der Waals surface area contributed by atoms with E-state index in [2.05, 4.69) is 15.3 Å². The third-order valence-corrected chi connectivity index (χ3v) is 4.15. The van der Waals surface area contributed by atoms with Crippen molar-refractivity contribution in [2.24, 2.45) is 0 Å². The second-order valence-corrected chi connectivity index (χ2v) is 6.09. The lowest BCUT2D eigenvalue weighted by Gasteiger charge is -2.23. The molecule has 0 saturated carbocycles. The summed E-state index contributed by atoms with van der Waals surface area (Å²) < 4.78 is 11.1. The van der Waals surface area contributed by atoms with Gasteiger partial charge >= 0.3 is 17.8 Å². The van der Waals surface area contributed by atoms with Crippen molar-refractivity contribution in [2.45, 2.75) is 25.9 Å². The maximum Gasteiger partial charge on any atom is 0.321 e.